The van der Waals surface area contributed by atoms with E-state index in [1.807, 2.05) is 37.1 Å². The van der Waals surface area contributed by atoms with Crippen LogP contribution in [0.3, 0.4) is 0 Å². The lowest BCUT2D eigenvalue weighted by atomic mass is 10.0. The third kappa shape index (κ3) is 4.02. The maximum Gasteiger partial charge on any atom is 0.209 e. The van der Waals surface area contributed by atoms with Crippen molar-refractivity contribution < 1.29 is 12.8 Å². The van der Waals surface area contributed by atoms with Crippen molar-refractivity contribution in [2.75, 3.05) is 25.5 Å². The van der Waals surface area contributed by atoms with E-state index in [0.717, 1.165) is 23.0 Å². The molecular formula is C22H25FN4O2S. The van der Waals surface area contributed by atoms with Crippen LogP contribution in [-0.2, 0) is 9.84 Å². The standard InChI is InChI=1S/C22H25FN4O2S/c1-14-4-5-20-16(8-14)9-17(12-25-20)30(28,29)18-10-22(15(2)24-11-18)26-21-6-7-27(3)13-19(21)23/h4-5,8-12,19,21,26H,6-7,13H2,1-3H3. The summed E-state index contributed by atoms with van der Waals surface area (Å²) in [4.78, 5) is 10.7. The van der Waals surface area contributed by atoms with Gasteiger partial charge in [0, 0.05) is 30.9 Å². The number of nitrogens with zero attached hydrogens (tertiary/aromatic N) is 3. The molecule has 2 unspecified atom stereocenters. The normalized spacial score (nSPS) is 20.4. The van der Waals surface area contributed by atoms with Gasteiger partial charge >= 0.3 is 0 Å². The first-order chi connectivity index (χ1) is 14.2. The molecule has 1 aliphatic heterocycles. The fraction of sp³-hybridized carbons (Fsp3) is 0.364. The van der Waals surface area contributed by atoms with E-state index in [1.54, 1.807) is 19.1 Å². The summed E-state index contributed by atoms with van der Waals surface area (Å²) >= 11 is 0. The second-order valence-electron chi connectivity index (χ2n) is 7.99. The minimum absolute atomic E-state index is 0.0627. The van der Waals surface area contributed by atoms with Gasteiger partial charge < -0.3 is 10.2 Å². The zero-order valence-corrected chi connectivity index (χ0v) is 18.1. The van der Waals surface area contributed by atoms with E-state index >= 15 is 0 Å². The Balaban J connectivity index is 1.67. The Morgan fingerprint density at radius 1 is 1.10 bits per heavy atom. The van der Waals surface area contributed by atoms with Crippen molar-refractivity contribution in [3.8, 4) is 0 Å². The number of pyridine rings is 2. The number of likely N-dealkylation sites (tertiary alicyclic amines) is 1. The Labute approximate surface area is 176 Å². The maximum atomic E-state index is 14.4. The fourth-order valence-electron chi connectivity index (χ4n) is 3.74. The number of halogens is 1. The molecule has 0 saturated carbocycles. The highest BCUT2D eigenvalue weighted by molar-refractivity contribution is 7.91. The molecule has 0 spiro atoms. The number of benzene rings is 1. The number of rotatable bonds is 4. The second kappa shape index (κ2) is 7.92. The number of sulfone groups is 1. The van der Waals surface area contributed by atoms with Gasteiger partial charge in [-0.1, -0.05) is 11.6 Å². The number of anilines is 1. The molecule has 158 valence electrons. The first-order valence-electron chi connectivity index (χ1n) is 9.91. The van der Waals surface area contributed by atoms with Crippen LogP contribution in [0.25, 0.3) is 10.9 Å². The number of hydrogen-bond donors (Lipinski definition) is 1. The fourth-order valence-corrected chi connectivity index (χ4v) is 4.95. The molecule has 2 atom stereocenters. The molecule has 0 aliphatic carbocycles. The molecule has 0 amide bonds. The van der Waals surface area contributed by atoms with Gasteiger partial charge in [0.2, 0.25) is 9.84 Å². The maximum absolute atomic E-state index is 14.4. The van der Waals surface area contributed by atoms with Crippen LogP contribution in [0.1, 0.15) is 17.7 Å². The van der Waals surface area contributed by atoms with Crippen LogP contribution in [0.2, 0.25) is 0 Å². The molecule has 2 aromatic heterocycles. The predicted octanol–water partition coefficient (Wildman–Crippen LogP) is 3.53. The lowest BCUT2D eigenvalue weighted by Crippen LogP contribution is -2.46. The average molecular weight is 429 g/mol. The molecule has 1 aliphatic rings. The predicted molar refractivity (Wildman–Crippen MR) is 115 cm³/mol. The molecule has 30 heavy (non-hydrogen) atoms. The van der Waals surface area contributed by atoms with Gasteiger partial charge in [-0.2, -0.15) is 0 Å². The summed E-state index contributed by atoms with van der Waals surface area (Å²) < 4.78 is 40.9. The third-order valence-electron chi connectivity index (χ3n) is 5.58. The SMILES string of the molecule is Cc1ccc2ncc(S(=O)(=O)c3cnc(C)c(NC4CCN(C)CC4F)c3)cc2c1. The minimum Gasteiger partial charge on any atom is -0.378 e. The first-order valence-corrected chi connectivity index (χ1v) is 11.4. The van der Waals surface area contributed by atoms with Gasteiger partial charge in [-0.15, -0.1) is 0 Å². The van der Waals surface area contributed by atoms with E-state index < -0.39 is 16.0 Å². The van der Waals surface area contributed by atoms with Crippen LogP contribution in [0.15, 0.2) is 52.5 Å². The average Bonchev–Trinajstić information content (AvgIpc) is 2.70. The van der Waals surface area contributed by atoms with Crippen molar-refractivity contribution in [3.05, 3.63) is 54.0 Å². The summed E-state index contributed by atoms with van der Waals surface area (Å²) in [5, 5.41) is 3.94. The third-order valence-corrected chi connectivity index (χ3v) is 7.27. The molecule has 3 heterocycles. The van der Waals surface area contributed by atoms with Gasteiger partial charge in [0.1, 0.15) is 6.17 Å². The molecule has 0 bridgehead atoms. The number of fused-ring (bicyclic) bond motifs is 1. The van der Waals surface area contributed by atoms with E-state index in [4.69, 9.17) is 0 Å². The quantitative estimate of drug-likeness (QED) is 0.685. The van der Waals surface area contributed by atoms with Crippen LogP contribution >= 0.6 is 0 Å². The molecule has 1 saturated heterocycles. The van der Waals surface area contributed by atoms with Crippen molar-refractivity contribution in [1.29, 1.82) is 0 Å². The van der Waals surface area contributed by atoms with E-state index in [9.17, 15) is 12.8 Å². The summed E-state index contributed by atoms with van der Waals surface area (Å²) in [5.74, 6) is 0. The largest absolute Gasteiger partial charge is 0.378 e. The number of piperidine rings is 1. The number of aromatic nitrogens is 2. The monoisotopic (exact) mass is 428 g/mol. The van der Waals surface area contributed by atoms with Crippen molar-refractivity contribution in [1.82, 2.24) is 14.9 Å². The van der Waals surface area contributed by atoms with Crippen molar-refractivity contribution in [2.45, 2.75) is 42.3 Å². The summed E-state index contributed by atoms with van der Waals surface area (Å²) in [5.41, 5.74) is 2.94. The summed E-state index contributed by atoms with van der Waals surface area (Å²) in [6, 6.07) is 8.52. The van der Waals surface area contributed by atoms with Gasteiger partial charge in [-0.3, -0.25) is 9.97 Å². The highest BCUT2D eigenvalue weighted by Crippen LogP contribution is 2.27. The van der Waals surface area contributed by atoms with Crippen LogP contribution in [0.4, 0.5) is 10.1 Å². The van der Waals surface area contributed by atoms with Gasteiger partial charge in [0.25, 0.3) is 0 Å². The smallest absolute Gasteiger partial charge is 0.209 e. The van der Waals surface area contributed by atoms with Crippen LogP contribution in [-0.4, -0.2) is 55.6 Å². The number of aryl methyl sites for hydroxylation is 2. The Kier molecular flexibility index (Phi) is 5.46. The van der Waals surface area contributed by atoms with E-state index in [2.05, 4.69) is 15.3 Å². The Bertz CT molecular complexity index is 1200. The van der Waals surface area contributed by atoms with Crippen LogP contribution in [0.5, 0.6) is 0 Å². The molecule has 8 heteroatoms. The zero-order valence-electron chi connectivity index (χ0n) is 17.3. The van der Waals surface area contributed by atoms with Crippen LogP contribution < -0.4 is 5.32 Å². The zero-order chi connectivity index (χ0) is 21.5. The summed E-state index contributed by atoms with van der Waals surface area (Å²) in [6.45, 7) is 4.86. The molecular weight excluding hydrogens is 403 g/mol. The summed E-state index contributed by atoms with van der Waals surface area (Å²) in [7, 11) is -1.92. The lowest BCUT2D eigenvalue weighted by molar-refractivity contribution is 0.149. The molecule has 6 nitrogen and oxygen atoms in total. The topological polar surface area (TPSA) is 75.2 Å². The van der Waals surface area contributed by atoms with E-state index in [0.29, 0.717) is 24.3 Å². The van der Waals surface area contributed by atoms with E-state index in [-0.39, 0.29) is 15.8 Å². The van der Waals surface area contributed by atoms with Gasteiger partial charge in [0.05, 0.1) is 32.7 Å². The highest BCUT2D eigenvalue weighted by Gasteiger charge is 2.28. The molecule has 1 aromatic carbocycles. The highest BCUT2D eigenvalue weighted by atomic mass is 32.2. The Morgan fingerprint density at radius 3 is 2.60 bits per heavy atom. The van der Waals surface area contributed by atoms with Gasteiger partial charge in [-0.25, -0.2) is 12.8 Å². The molecule has 4 rings (SSSR count). The molecule has 1 fully saturated rings. The Morgan fingerprint density at radius 2 is 1.83 bits per heavy atom. The molecule has 1 N–H and O–H groups in total. The van der Waals surface area contributed by atoms with Crippen molar-refractivity contribution in [2.24, 2.45) is 0 Å². The van der Waals surface area contributed by atoms with E-state index in [1.165, 1.54) is 12.4 Å². The lowest BCUT2D eigenvalue weighted by Gasteiger charge is -2.33. The Hall–Kier alpha value is -2.58. The number of nitrogens with one attached hydrogen (secondary N) is 1. The van der Waals surface area contributed by atoms with Crippen molar-refractivity contribution >= 4 is 26.4 Å². The number of hydrogen-bond acceptors (Lipinski definition) is 6. The minimum atomic E-state index is -3.81. The first kappa shape index (κ1) is 20.7. The van der Waals surface area contributed by atoms with Gasteiger partial charge in [0.15, 0.2) is 0 Å². The number of alkyl halides is 1. The van der Waals surface area contributed by atoms with Crippen LogP contribution in [0, 0.1) is 13.8 Å². The second-order valence-corrected chi connectivity index (χ2v) is 9.94. The molecule has 3 aromatic rings. The van der Waals surface area contributed by atoms with Gasteiger partial charge in [-0.05, 0) is 51.6 Å². The molecule has 0 radical (unpaired) electrons. The van der Waals surface area contributed by atoms with Crippen molar-refractivity contribution in [3.63, 3.8) is 0 Å². The summed E-state index contributed by atoms with van der Waals surface area (Å²) in [6.07, 6.45) is 2.32.